The molecule has 5 nitrogen and oxygen atoms in total. The van der Waals surface area contributed by atoms with Crippen LogP contribution in [-0.2, 0) is 13.0 Å². The van der Waals surface area contributed by atoms with Crippen LogP contribution in [-0.4, -0.2) is 33.2 Å². The zero-order valence-electron chi connectivity index (χ0n) is 15.1. The van der Waals surface area contributed by atoms with Crippen molar-refractivity contribution in [3.63, 3.8) is 0 Å². The summed E-state index contributed by atoms with van der Waals surface area (Å²) in [6.07, 6.45) is 6.73. The molecule has 1 fully saturated rings. The van der Waals surface area contributed by atoms with E-state index in [9.17, 15) is 4.39 Å². The molecule has 0 saturated carbocycles. The Bertz CT molecular complexity index is 850. The molecule has 4 rings (SSSR count). The third-order valence-corrected chi connectivity index (χ3v) is 4.94. The highest BCUT2D eigenvalue weighted by Gasteiger charge is 2.27. The molecule has 1 aliphatic heterocycles. The number of ether oxygens (including phenoxy) is 1. The van der Waals surface area contributed by atoms with Crippen molar-refractivity contribution in [1.29, 1.82) is 0 Å². The van der Waals surface area contributed by atoms with Crippen LogP contribution in [0.15, 0.2) is 54.9 Å². The summed E-state index contributed by atoms with van der Waals surface area (Å²) in [5.74, 6) is 0.420. The molecule has 6 heteroatoms. The van der Waals surface area contributed by atoms with Crippen LogP contribution in [0.25, 0.3) is 0 Å². The summed E-state index contributed by atoms with van der Waals surface area (Å²) in [7, 11) is 0. The van der Waals surface area contributed by atoms with Gasteiger partial charge in [0.25, 0.3) is 0 Å². The van der Waals surface area contributed by atoms with Gasteiger partial charge in [-0.25, -0.2) is 4.39 Å². The van der Waals surface area contributed by atoms with E-state index in [0.717, 1.165) is 37.3 Å². The number of pyridine rings is 1. The van der Waals surface area contributed by atoms with Crippen LogP contribution in [0.2, 0.25) is 0 Å². The third-order valence-electron chi connectivity index (χ3n) is 4.94. The van der Waals surface area contributed by atoms with E-state index < -0.39 is 0 Å². The van der Waals surface area contributed by atoms with E-state index in [4.69, 9.17) is 4.74 Å². The number of H-pyrrole nitrogens is 1. The average molecular weight is 366 g/mol. The zero-order chi connectivity index (χ0) is 18.5. The summed E-state index contributed by atoms with van der Waals surface area (Å²) >= 11 is 0. The minimum absolute atomic E-state index is 0.256. The number of nitrogens with one attached hydrogen (secondary N) is 1. The average Bonchev–Trinajstić information content (AvgIpc) is 3.33. The summed E-state index contributed by atoms with van der Waals surface area (Å²) in [5, 5.41) is 7.68. The summed E-state index contributed by atoms with van der Waals surface area (Å²) in [5.41, 5.74) is 3.43. The Labute approximate surface area is 158 Å². The maximum absolute atomic E-state index is 12.9. The number of aromatic amines is 1. The Morgan fingerprint density at radius 2 is 1.96 bits per heavy atom. The van der Waals surface area contributed by atoms with Crippen LogP contribution in [0.5, 0.6) is 5.75 Å². The second-order valence-corrected chi connectivity index (χ2v) is 6.85. The van der Waals surface area contributed by atoms with E-state index in [1.807, 2.05) is 12.4 Å². The SMILES string of the molecule is Fc1ccc(OCCc2cc(C3CCCN3Cc3ccncc3)n[nH]2)cc1. The maximum Gasteiger partial charge on any atom is 0.123 e. The van der Waals surface area contributed by atoms with Crippen LogP contribution in [0.1, 0.15) is 35.8 Å². The molecule has 2 aromatic heterocycles. The van der Waals surface area contributed by atoms with Crippen molar-refractivity contribution in [1.82, 2.24) is 20.1 Å². The summed E-state index contributed by atoms with van der Waals surface area (Å²) in [6, 6.07) is 12.7. The Hall–Kier alpha value is -2.73. The Morgan fingerprint density at radius 1 is 1.15 bits per heavy atom. The molecule has 0 bridgehead atoms. The van der Waals surface area contributed by atoms with Gasteiger partial charge in [-0.1, -0.05) is 0 Å². The lowest BCUT2D eigenvalue weighted by molar-refractivity contribution is 0.244. The lowest BCUT2D eigenvalue weighted by Gasteiger charge is -2.22. The van der Waals surface area contributed by atoms with Gasteiger partial charge in [-0.05, 0) is 67.4 Å². The summed E-state index contributed by atoms with van der Waals surface area (Å²) in [6.45, 7) is 2.53. The van der Waals surface area contributed by atoms with E-state index in [1.54, 1.807) is 12.1 Å². The van der Waals surface area contributed by atoms with Gasteiger partial charge in [-0.15, -0.1) is 0 Å². The van der Waals surface area contributed by atoms with E-state index >= 15 is 0 Å². The highest BCUT2D eigenvalue weighted by Crippen LogP contribution is 2.32. The van der Waals surface area contributed by atoms with Crippen molar-refractivity contribution < 1.29 is 9.13 Å². The first kappa shape index (κ1) is 17.7. The van der Waals surface area contributed by atoms with Gasteiger partial charge in [-0.2, -0.15) is 5.10 Å². The number of halogens is 1. The molecule has 3 heterocycles. The lowest BCUT2D eigenvalue weighted by Crippen LogP contribution is -2.23. The topological polar surface area (TPSA) is 54.0 Å². The molecule has 0 amide bonds. The molecule has 1 N–H and O–H groups in total. The van der Waals surface area contributed by atoms with Gasteiger partial charge < -0.3 is 4.74 Å². The number of benzene rings is 1. The Morgan fingerprint density at radius 3 is 2.78 bits per heavy atom. The molecule has 1 aromatic carbocycles. The number of aromatic nitrogens is 3. The monoisotopic (exact) mass is 366 g/mol. The predicted octanol–water partition coefficient (Wildman–Crippen LogP) is 3.90. The summed E-state index contributed by atoms with van der Waals surface area (Å²) in [4.78, 5) is 6.57. The highest BCUT2D eigenvalue weighted by atomic mass is 19.1. The minimum atomic E-state index is -0.256. The highest BCUT2D eigenvalue weighted by molar-refractivity contribution is 5.22. The predicted molar refractivity (Wildman–Crippen MR) is 101 cm³/mol. The molecule has 0 radical (unpaired) electrons. The second kappa shape index (κ2) is 8.31. The van der Waals surface area contributed by atoms with E-state index in [0.29, 0.717) is 18.4 Å². The smallest absolute Gasteiger partial charge is 0.123 e. The molecule has 1 unspecified atom stereocenters. The first-order valence-corrected chi connectivity index (χ1v) is 9.33. The second-order valence-electron chi connectivity index (χ2n) is 6.85. The normalized spacial score (nSPS) is 17.3. The molecule has 27 heavy (non-hydrogen) atoms. The Kier molecular flexibility index (Phi) is 5.44. The van der Waals surface area contributed by atoms with Crippen LogP contribution in [0.3, 0.4) is 0 Å². The van der Waals surface area contributed by atoms with Crippen LogP contribution >= 0.6 is 0 Å². The van der Waals surface area contributed by atoms with Gasteiger partial charge in [0.1, 0.15) is 11.6 Å². The maximum atomic E-state index is 12.9. The molecule has 1 aliphatic rings. The van der Waals surface area contributed by atoms with Gasteiger partial charge >= 0.3 is 0 Å². The van der Waals surface area contributed by atoms with Gasteiger partial charge in [0, 0.05) is 31.1 Å². The summed E-state index contributed by atoms with van der Waals surface area (Å²) < 4.78 is 18.6. The fourth-order valence-corrected chi connectivity index (χ4v) is 3.56. The van der Waals surface area contributed by atoms with Gasteiger partial charge in [0.2, 0.25) is 0 Å². The molecular formula is C21H23FN4O. The quantitative estimate of drug-likeness (QED) is 0.689. The number of nitrogens with zero attached hydrogens (tertiary/aromatic N) is 3. The van der Waals surface area contributed by atoms with E-state index in [2.05, 4.69) is 38.3 Å². The van der Waals surface area contributed by atoms with Crippen molar-refractivity contribution in [3.8, 4) is 5.75 Å². The van der Waals surface area contributed by atoms with Crippen molar-refractivity contribution in [2.24, 2.45) is 0 Å². The first-order valence-electron chi connectivity index (χ1n) is 9.33. The zero-order valence-corrected chi connectivity index (χ0v) is 15.1. The number of hydrogen-bond donors (Lipinski definition) is 1. The van der Waals surface area contributed by atoms with Crippen molar-refractivity contribution in [2.45, 2.75) is 31.8 Å². The van der Waals surface area contributed by atoms with Crippen molar-refractivity contribution in [3.05, 3.63) is 77.6 Å². The van der Waals surface area contributed by atoms with Crippen molar-refractivity contribution in [2.75, 3.05) is 13.2 Å². The van der Waals surface area contributed by atoms with Gasteiger partial charge in [0.15, 0.2) is 0 Å². The molecular weight excluding hydrogens is 343 g/mol. The van der Waals surface area contributed by atoms with E-state index in [-0.39, 0.29) is 5.82 Å². The standard InChI is InChI=1S/C21H23FN4O/c22-17-3-5-19(6-4-17)27-13-9-18-14-20(25-24-18)21-2-1-12-26(21)15-16-7-10-23-11-8-16/h3-8,10-11,14,21H,1-2,9,12-13,15H2,(H,24,25). The Balaban J connectivity index is 1.33. The largest absolute Gasteiger partial charge is 0.493 e. The molecule has 1 saturated heterocycles. The fourth-order valence-electron chi connectivity index (χ4n) is 3.56. The molecule has 140 valence electrons. The minimum Gasteiger partial charge on any atom is -0.493 e. The number of likely N-dealkylation sites (tertiary alicyclic amines) is 1. The van der Waals surface area contributed by atoms with Gasteiger partial charge in [0.05, 0.1) is 18.3 Å². The third kappa shape index (κ3) is 4.52. The fraction of sp³-hybridized carbons (Fsp3) is 0.333. The first-order chi connectivity index (χ1) is 13.3. The number of rotatable bonds is 7. The molecule has 0 spiro atoms. The molecule has 3 aromatic rings. The van der Waals surface area contributed by atoms with Gasteiger partial charge in [-0.3, -0.25) is 15.0 Å². The van der Waals surface area contributed by atoms with Crippen molar-refractivity contribution >= 4 is 0 Å². The van der Waals surface area contributed by atoms with E-state index in [1.165, 1.54) is 24.1 Å². The van der Waals surface area contributed by atoms with Crippen LogP contribution in [0.4, 0.5) is 4.39 Å². The van der Waals surface area contributed by atoms with Crippen LogP contribution in [0, 0.1) is 5.82 Å². The lowest BCUT2D eigenvalue weighted by atomic mass is 10.1. The van der Waals surface area contributed by atoms with Crippen LogP contribution < -0.4 is 4.74 Å². The molecule has 1 atom stereocenters. The number of hydrogen-bond acceptors (Lipinski definition) is 4. The molecule has 0 aliphatic carbocycles.